The van der Waals surface area contributed by atoms with E-state index in [0.29, 0.717) is 34.2 Å². The molecular weight excluding hydrogens is 396 g/mol. The summed E-state index contributed by atoms with van der Waals surface area (Å²) in [7, 11) is 1.55. The van der Waals surface area contributed by atoms with Gasteiger partial charge in [-0.25, -0.2) is 0 Å². The summed E-state index contributed by atoms with van der Waals surface area (Å²) in [5, 5.41) is 5.64. The number of anilines is 2. The van der Waals surface area contributed by atoms with Crippen molar-refractivity contribution >= 4 is 23.2 Å². The fourth-order valence-corrected chi connectivity index (χ4v) is 3.19. The third-order valence-electron chi connectivity index (χ3n) is 4.82. The minimum absolute atomic E-state index is 0.127. The Kier molecular flexibility index (Phi) is 5.75. The summed E-state index contributed by atoms with van der Waals surface area (Å²) >= 11 is 0. The monoisotopic (exact) mass is 418 g/mol. The number of carbonyl (C=O) groups excluding carboxylic acids is 2. The maximum atomic E-state index is 12.6. The zero-order valence-corrected chi connectivity index (χ0v) is 17.2. The van der Waals surface area contributed by atoms with Gasteiger partial charge in [-0.05, 0) is 61.0 Å². The van der Waals surface area contributed by atoms with Gasteiger partial charge in [0.25, 0.3) is 11.8 Å². The van der Waals surface area contributed by atoms with Gasteiger partial charge in [-0.1, -0.05) is 18.2 Å². The highest BCUT2D eigenvalue weighted by Crippen LogP contribution is 2.31. The molecule has 31 heavy (non-hydrogen) atoms. The minimum atomic E-state index is -0.758. The third-order valence-corrected chi connectivity index (χ3v) is 4.82. The summed E-state index contributed by atoms with van der Waals surface area (Å²) in [6.07, 6.45) is -0.758. The van der Waals surface area contributed by atoms with Crippen LogP contribution in [-0.2, 0) is 4.79 Å². The number of rotatable bonds is 5. The van der Waals surface area contributed by atoms with Crippen molar-refractivity contribution in [3.63, 3.8) is 0 Å². The van der Waals surface area contributed by atoms with Gasteiger partial charge in [0.1, 0.15) is 12.4 Å². The van der Waals surface area contributed by atoms with E-state index in [-0.39, 0.29) is 18.4 Å². The molecular formula is C24H22N2O5. The second-order valence-corrected chi connectivity index (χ2v) is 7.09. The van der Waals surface area contributed by atoms with Crippen molar-refractivity contribution in [2.45, 2.75) is 13.0 Å². The first-order valence-corrected chi connectivity index (χ1v) is 9.79. The lowest BCUT2D eigenvalue weighted by atomic mass is 10.1. The zero-order chi connectivity index (χ0) is 21.8. The van der Waals surface area contributed by atoms with Gasteiger partial charge in [0, 0.05) is 11.3 Å². The van der Waals surface area contributed by atoms with E-state index in [1.54, 1.807) is 49.6 Å². The number of aryl methyl sites for hydroxylation is 1. The Labute approximate surface area is 179 Å². The first kappa shape index (κ1) is 20.3. The third kappa shape index (κ3) is 4.61. The topological polar surface area (TPSA) is 85.9 Å². The van der Waals surface area contributed by atoms with Gasteiger partial charge in [0.2, 0.25) is 6.10 Å². The first-order chi connectivity index (χ1) is 15.0. The van der Waals surface area contributed by atoms with Gasteiger partial charge in [0.15, 0.2) is 11.5 Å². The predicted octanol–water partition coefficient (Wildman–Crippen LogP) is 4.03. The van der Waals surface area contributed by atoms with Crippen molar-refractivity contribution in [3.05, 3.63) is 77.9 Å². The molecule has 1 unspecified atom stereocenters. The molecule has 0 bridgehead atoms. The molecule has 0 aliphatic carbocycles. The van der Waals surface area contributed by atoms with Crippen LogP contribution < -0.4 is 24.8 Å². The first-order valence-electron chi connectivity index (χ1n) is 9.79. The van der Waals surface area contributed by atoms with Crippen molar-refractivity contribution < 1.29 is 23.8 Å². The lowest BCUT2D eigenvalue weighted by molar-refractivity contribution is -0.125. The highest BCUT2D eigenvalue weighted by atomic mass is 16.6. The number of nitrogens with one attached hydrogen (secondary N) is 2. The van der Waals surface area contributed by atoms with Crippen LogP contribution in [0.15, 0.2) is 66.7 Å². The van der Waals surface area contributed by atoms with Crippen LogP contribution in [0.2, 0.25) is 0 Å². The average Bonchev–Trinajstić information content (AvgIpc) is 2.79. The number of hydrogen-bond donors (Lipinski definition) is 2. The van der Waals surface area contributed by atoms with Gasteiger partial charge >= 0.3 is 0 Å². The highest BCUT2D eigenvalue weighted by Gasteiger charge is 2.27. The number of benzene rings is 3. The second-order valence-electron chi connectivity index (χ2n) is 7.09. The zero-order valence-electron chi connectivity index (χ0n) is 17.2. The van der Waals surface area contributed by atoms with Crippen LogP contribution >= 0.6 is 0 Å². The summed E-state index contributed by atoms with van der Waals surface area (Å²) < 4.78 is 16.6. The molecule has 1 aliphatic heterocycles. The molecule has 0 spiro atoms. The number of amides is 2. The Balaban J connectivity index is 1.39. The van der Waals surface area contributed by atoms with Crippen LogP contribution in [0.5, 0.6) is 17.2 Å². The van der Waals surface area contributed by atoms with E-state index in [2.05, 4.69) is 10.6 Å². The Morgan fingerprint density at radius 1 is 0.968 bits per heavy atom. The molecule has 3 aromatic carbocycles. The van der Waals surface area contributed by atoms with E-state index in [0.717, 1.165) is 5.56 Å². The molecule has 7 heteroatoms. The van der Waals surface area contributed by atoms with Gasteiger partial charge in [0.05, 0.1) is 12.8 Å². The standard InChI is InChI=1S/C24H22N2O5/c1-15-7-12-19(29-2)18(13-15)26-23(27)16-8-10-17(11-9-16)25-24(28)22-14-30-20-5-3-4-6-21(20)31-22/h3-13,22H,14H2,1-2H3,(H,25,28)(H,26,27). The number of methoxy groups -OCH3 is 1. The van der Waals surface area contributed by atoms with Crippen molar-refractivity contribution in [1.29, 1.82) is 0 Å². The van der Waals surface area contributed by atoms with Crippen molar-refractivity contribution in [2.75, 3.05) is 24.4 Å². The number of para-hydroxylation sites is 2. The molecule has 0 radical (unpaired) electrons. The summed E-state index contributed by atoms with van der Waals surface area (Å²) in [6.45, 7) is 2.06. The molecule has 158 valence electrons. The van der Waals surface area contributed by atoms with Crippen LogP contribution in [0, 0.1) is 6.92 Å². The molecule has 1 heterocycles. The normalized spacial score (nSPS) is 14.5. The van der Waals surface area contributed by atoms with Gasteiger partial charge in [-0.15, -0.1) is 0 Å². The molecule has 2 amide bonds. The minimum Gasteiger partial charge on any atom is -0.495 e. The lowest BCUT2D eigenvalue weighted by Crippen LogP contribution is -2.40. The summed E-state index contributed by atoms with van der Waals surface area (Å²) in [5.41, 5.74) is 2.61. The number of fused-ring (bicyclic) bond motifs is 1. The van der Waals surface area contributed by atoms with E-state index in [4.69, 9.17) is 14.2 Å². The van der Waals surface area contributed by atoms with Crippen molar-refractivity contribution in [3.8, 4) is 17.2 Å². The Bertz CT molecular complexity index is 1110. The molecule has 1 atom stereocenters. The molecule has 4 rings (SSSR count). The number of carbonyl (C=O) groups is 2. The highest BCUT2D eigenvalue weighted by molar-refractivity contribution is 6.05. The quantitative estimate of drug-likeness (QED) is 0.653. The summed E-state index contributed by atoms with van der Waals surface area (Å²) in [6, 6.07) is 19.4. The predicted molar refractivity (Wildman–Crippen MR) is 117 cm³/mol. The fourth-order valence-electron chi connectivity index (χ4n) is 3.19. The fraction of sp³-hybridized carbons (Fsp3) is 0.167. The van der Waals surface area contributed by atoms with Gasteiger partial charge in [-0.3, -0.25) is 9.59 Å². The number of ether oxygens (including phenoxy) is 3. The Morgan fingerprint density at radius 3 is 2.45 bits per heavy atom. The van der Waals surface area contributed by atoms with E-state index >= 15 is 0 Å². The molecule has 0 saturated heterocycles. The van der Waals surface area contributed by atoms with Gasteiger partial charge < -0.3 is 24.8 Å². The van der Waals surface area contributed by atoms with E-state index in [1.807, 2.05) is 31.2 Å². The van der Waals surface area contributed by atoms with Crippen molar-refractivity contribution in [2.24, 2.45) is 0 Å². The van der Waals surface area contributed by atoms with Crippen LogP contribution in [-0.4, -0.2) is 31.6 Å². The Morgan fingerprint density at radius 2 is 1.71 bits per heavy atom. The smallest absolute Gasteiger partial charge is 0.269 e. The van der Waals surface area contributed by atoms with Gasteiger partial charge in [-0.2, -0.15) is 0 Å². The van der Waals surface area contributed by atoms with Crippen LogP contribution in [0.1, 0.15) is 15.9 Å². The summed E-state index contributed by atoms with van der Waals surface area (Å²) in [4.78, 5) is 25.1. The molecule has 2 N–H and O–H groups in total. The molecule has 0 fully saturated rings. The SMILES string of the molecule is COc1ccc(C)cc1NC(=O)c1ccc(NC(=O)C2COc3ccccc3O2)cc1. The lowest BCUT2D eigenvalue weighted by Gasteiger charge is -2.25. The van der Waals surface area contributed by atoms with Crippen LogP contribution in [0.3, 0.4) is 0 Å². The van der Waals surface area contributed by atoms with Crippen molar-refractivity contribution in [1.82, 2.24) is 0 Å². The second kappa shape index (κ2) is 8.79. The molecule has 3 aromatic rings. The maximum Gasteiger partial charge on any atom is 0.269 e. The maximum absolute atomic E-state index is 12.6. The van der Waals surface area contributed by atoms with Crippen LogP contribution in [0.25, 0.3) is 0 Å². The van der Waals surface area contributed by atoms with E-state index < -0.39 is 6.10 Å². The Hall–Kier alpha value is -4.00. The van der Waals surface area contributed by atoms with Crippen LogP contribution in [0.4, 0.5) is 11.4 Å². The number of hydrogen-bond acceptors (Lipinski definition) is 5. The molecule has 7 nitrogen and oxygen atoms in total. The van der Waals surface area contributed by atoms with E-state index in [1.165, 1.54) is 0 Å². The van der Waals surface area contributed by atoms with E-state index in [9.17, 15) is 9.59 Å². The molecule has 1 aliphatic rings. The summed E-state index contributed by atoms with van der Waals surface area (Å²) in [5.74, 6) is 1.14. The molecule has 0 saturated carbocycles. The largest absolute Gasteiger partial charge is 0.495 e. The molecule has 0 aromatic heterocycles. The average molecular weight is 418 g/mol.